The molecule has 2 aliphatic rings. The zero-order chi connectivity index (χ0) is 23.5. The maximum absolute atomic E-state index is 12.9. The molecule has 0 spiro atoms. The highest BCUT2D eigenvalue weighted by Crippen LogP contribution is 2.37. The van der Waals surface area contributed by atoms with Crippen molar-refractivity contribution in [2.75, 3.05) is 33.4 Å². The molecule has 2 aliphatic heterocycles. The van der Waals surface area contributed by atoms with Crippen molar-refractivity contribution in [3.05, 3.63) is 61.7 Å². The van der Waals surface area contributed by atoms with Gasteiger partial charge in [-0.2, -0.15) is 0 Å². The Hall–Kier alpha value is -2.50. The SMILES string of the molecule is COC(=O)C1=C(CN2CCOC(C(=O)O)C2)NC(c2nccs2)=NC1c1ccc(Cl)cc1Cl. The molecule has 2 unspecified atom stereocenters. The molecule has 3 heterocycles. The lowest BCUT2D eigenvalue weighted by molar-refractivity contribution is -0.155. The first-order chi connectivity index (χ1) is 15.9. The van der Waals surface area contributed by atoms with Crippen LogP contribution in [0.25, 0.3) is 0 Å². The normalized spacial score (nSPS) is 21.4. The van der Waals surface area contributed by atoms with E-state index in [0.29, 0.717) is 38.7 Å². The number of carboxylic acid groups (broad SMARTS) is 1. The summed E-state index contributed by atoms with van der Waals surface area (Å²) >= 11 is 14.0. The summed E-state index contributed by atoms with van der Waals surface area (Å²) < 4.78 is 10.4. The number of carbonyl (C=O) groups excluding carboxylic acids is 1. The van der Waals surface area contributed by atoms with Crippen molar-refractivity contribution in [2.24, 2.45) is 4.99 Å². The first kappa shape index (κ1) is 23.7. The van der Waals surface area contributed by atoms with Crippen molar-refractivity contribution in [2.45, 2.75) is 12.1 Å². The number of hydrogen-bond acceptors (Lipinski definition) is 9. The van der Waals surface area contributed by atoms with Crippen molar-refractivity contribution in [3.8, 4) is 0 Å². The van der Waals surface area contributed by atoms with Crippen LogP contribution in [0.5, 0.6) is 0 Å². The van der Waals surface area contributed by atoms with E-state index in [4.69, 9.17) is 37.7 Å². The van der Waals surface area contributed by atoms with Crippen LogP contribution in [0.1, 0.15) is 16.6 Å². The molecule has 1 aromatic heterocycles. The summed E-state index contributed by atoms with van der Waals surface area (Å²) in [5.41, 5.74) is 1.39. The average Bonchev–Trinajstić information content (AvgIpc) is 3.33. The molecule has 0 amide bonds. The standard InChI is InChI=1S/C21H20Cl2N4O5S/c1-31-21(30)16-14(9-27-5-6-32-15(10-27)20(28)29)25-18(19-24-4-7-33-19)26-17(16)12-3-2-11(22)8-13(12)23/h2-4,7-8,15,17H,5-6,9-10H2,1H3,(H,25,26)(H,28,29). The average molecular weight is 511 g/mol. The Balaban J connectivity index is 1.78. The Morgan fingerprint density at radius 3 is 2.88 bits per heavy atom. The lowest BCUT2D eigenvalue weighted by Crippen LogP contribution is -2.48. The van der Waals surface area contributed by atoms with E-state index in [9.17, 15) is 14.7 Å². The number of carbonyl (C=O) groups is 2. The summed E-state index contributed by atoms with van der Waals surface area (Å²) in [7, 11) is 1.29. The third kappa shape index (κ3) is 5.20. The van der Waals surface area contributed by atoms with Crippen molar-refractivity contribution in [1.82, 2.24) is 15.2 Å². The summed E-state index contributed by atoms with van der Waals surface area (Å²) in [6.07, 6.45) is 0.714. The molecule has 174 valence electrons. The smallest absolute Gasteiger partial charge is 0.338 e. The fourth-order valence-corrected chi connectivity index (χ4v) is 4.79. The second kappa shape index (κ2) is 10.2. The number of ether oxygens (including phenoxy) is 2. The first-order valence-corrected chi connectivity index (χ1v) is 11.6. The Morgan fingerprint density at radius 2 is 2.21 bits per heavy atom. The summed E-state index contributed by atoms with van der Waals surface area (Å²) in [6.45, 7) is 1.19. The second-order valence-electron chi connectivity index (χ2n) is 7.32. The van der Waals surface area contributed by atoms with Gasteiger partial charge in [0.2, 0.25) is 0 Å². The Morgan fingerprint density at radius 1 is 1.39 bits per heavy atom. The number of benzene rings is 1. The van der Waals surface area contributed by atoms with Crippen LogP contribution in [0.2, 0.25) is 10.0 Å². The molecule has 1 fully saturated rings. The molecule has 0 radical (unpaired) electrons. The van der Waals surface area contributed by atoms with E-state index >= 15 is 0 Å². The molecule has 33 heavy (non-hydrogen) atoms. The van der Waals surface area contributed by atoms with Crippen molar-refractivity contribution >= 4 is 52.3 Å². The molecule has 0 aliphatic carbocycles. The Labute approximate surface area is 203 Å². The number of aliphatic imine (C=N–C) groups is 1. The molecular formula is C21H20Cl2N4O5S. The van der Waals surface area contributed by atoms with E-state index in [1.54, 1.807) is 24.4 Å². The predicted octanol–water partition coefficient (Wildman–Crippen LogP) is 2.75. The summed E-state index contributed by atoms with van der Waals surface area (Å²) in [6, 6.07) is 4.22. The third-order valence-corrected chi connectivity index (χ3v) is 6.57. The molecule has 0 saturated carbocycles. The molecule has 1 aromatic carbocycles. The van der Waals surface area contributed by atoms with E-state index in [1.165, 1.54) is 18.4 Å². The van der Waals surface area contributed by atoms with E-state index in [1.807, 2.05) is 10.3 Å². The summed E-state index contributed by atoms with van der Waals surface area (Å²) in [4.78, 5) is 35.3. The zero-order valence-corrected chi connectivity index (χ0v) is 19.8. The maximum Gasteiger partial charge on any atom is 0.338 e. The Bertz CT molecular complexity index is 1120. The number of esters is 1. The van der Waals surface area contributed by atoms with E-state index < -0.39 is 24.1 Å². The number of nitrogens with one attached hydrogen (secondary N) is 1. The molecule has 0 bridgehead atoms. The number of thiazole rings is 1. The Kier molecular flexibility index (Phi) is 7.30. The van der Waals surface area contributed by atoms with Crippen LogP contribution in [0.15, 0.2) is 46.0 Å². The monoisotopic (exact) mass is 510 g/mol. The van der Waals surface area contributed by atoms with Crippen molar-refractivity contribution in [3.63, 3.8) is 0 Å². The third-order valence-electron chi connectivity index (χ3n) is 5.23. The molecule has 1 saturated heterocycles. The molecule has 12 heteroatoms. The molecular weight excluding hydrogens is 491 g/mol. The number of carboxylic acids is 1. The summed E-state index contributed by atoms with van der Waals surface area (Å²) in [5, 5.41) is 15.8. The highest BCUT2D eigenvalue weighted by molar-refractivity contribution is 7.11. The van der Waals surface area contributed by atoms with Crippen LogP contribution in [0, 0.1) is 0 Å². The van der Waals surface area contributed by atoms with Crippen LogP contribution in [0.4, 0.5) is 0 Å². The topological polar surface area (TPSA) is 113 Å². The number of rotatable bonds is 6. The van der Waals surface area contributed by atoms with Gasteiger partial charge in [-0.1, -0.05) is 29.3 Å². The van der Waals surface area contributed by atoms with Gasteiger partial charge in [-0.25, -0.2) is 14.6 Å². The van der Waals surface area contributed by atoms with Crippen LogP contribution < -0.4 is 5.32 Å². The largest absolute Gasteiger partial charge is 0.479 e. The fourth-order valence-electron chi connectivity index (χ4n) is 3.69. The van der Waals surface area contributed by atoms with Gasteiger partial charge in [-0.05, 0) is 12.1 Å². The zero-order valence-electron chi connectivity index (χ0n) is 17.5. The van der Waals surface area contributed by atoms with Gasteiger partial charge in [0.15, 0.2) is 16.9 Å². The fraction of sp³-hybridized carbons (Fsp3) is 0.333. The van der Waals surface area contributed by atoms with Gasteiger partial charge in [0, 0.05) is 52.5 Å². The van der Waals surface area contributed by atoms with Crippen LogP contribution >= 0.6 is 34.5 Å². The van der Waals surface area contributed by atoms with Gasteiger partial charge in [-0.3, -0.25) is 9.89 Å². The van der Waals surface area contributed by atoms with Crippen molar-refractivity contribution < 1.29 is 24.2 Å². The number of amidine groups is 1. The minimum Gasteiger partial charge on any atom is -0.479 e. The summed E-state index contributed by atoms with van der Waals surface area (Å²) in [5.74, 6) is -1.13. The molecule has 2 aromatic rings. The number of aliphatic carboxylic acids is 1. The number of halogens is 2. The van der Waals surface area contributed by atoms with E-state index in [2.05, 4.69) is 10.3 Å². The van der Waals surface area contributed by atoms with Gasteiger partial charge < -0.3 is 19.9 Å². The van der Waals surface area contributed by atoms with Crippen LogP contribution in [-0.2, 0) is 19.1 Å². The minimum absolute atomic E-state index is 0.172. The number of aromatic nitrogens is 1. The molecule has 9 nitrogen and oxygen atoms in total. The molecule has 2 N–H and O–H groups in total. The number of methoxy groups -OCH3 is 1. The first-order valence-electron chi connectivity index (χ1n) is 9.95. The van der Waals surface area contributed by atoms with E-state index in [-0.39, 0.29) is 25.3 Å². The number of morpholine rings is 1. The molecule has 2 atom stereocenters. The number of hydrogen-bond donors (Lipinski definition) is 2. The van der Waals surface area contributed by atoms with Gasteiger partial charge in [0.05, 0.1) is 19.3 Å². The van der Waals surface area contributed by atoms with Crippen LogP contribution in [-0.4, -0.2) is 72.2 Å². The van der Waals surface area contributed by atoms with Crippen molar-refractivity contribution in [1.29, 1.82) is 0 Å². The van der Waals surface area contributed by atoms with Gasteiger partial charge in [-0.15, -0.1) is 11.3 Å². The predicted molar refractivity (Wildman–Crippen MR) is 124 cm³/mol. The lowest BCUT2D eigenvalue weighted by atomic mass is 9.95. The molecule has 4 rings (SSSR count). The van der Waals surface area contributed by atoms with Crippen LogP contribution in [0.3, 0.4) is 0 Å². The highest BCUT2D eigenvalue weighted by Gasteiger charge is 2.35. The van der Waals surface area contributed by atoms with Gasteiger partial charge in [0.1, 0.15) is 6.04 Å². The minimum atomic E-state index is -1.03. The maximum atomic E-state index is 12.9. The second-order valence-corrected chi connectivity index (χ2v) is 9.06. The van der Waals surface area contributed by atoms with Gasteiger partial charge >= 0.3 is 11.9 Å². The highest BCUT2D eigenvalue weighted by atomic mass is 35.5. The van der Waals surface area contributed by atoms with E-state index in [0.717, 1.165) is 0 Å². The quantitative estimate of drug-likeness (QED) is 0.570. The number of nitrogens with zero attached hydrogens (tertiary/aromatic N) is 3. The van der Waals surface area contributed by atoms with Gasteiger partial charge in [0.25, 0.3) is 0 Å². The lowest BCUT2D eigenvalue weighted by Gasteiger charge is -2.34.